The van der Waals surface area contributed by atoms with E-state index in [0.717, 1.165) is 10.0 Å². The number of carbonyl (C=O) groups excluding carboxylic acids is 1. The first-order valence-corrected chi connectivity index (χ1v) is 5.25. The van der Waals surface area contributed by atoms with Gasteiger partial charge in [0.25, 0.3) is 0 Å². The molecule has 1 heterocycles. The van der Waals surface area contributed by atoms with E-state index in [4.69, 9.17) is 4.74 Å². The number of hydrogen-bond donors (Lipinski definition) is 0. The standard InChI is InChI=1S/C10H10BrNO2/c1-2-12-6-7-5-8(11)3-4-9(7)14-10(12)13/h3-5H,2,6H2,1H3. The predicted octanol–water partition coefficient (Wildman–Crippen LogP) is 2.78. The lowest BCUT2D eigenvalue weighted by atomic mass is 10.1. The average Bonchev–Trinajstić information content (AvgIpc) is 2.17. The van der Waals surface area contributed by atoms with E-state index in [9.17, 15) is 4.79 Å². The highest BCUT2D eigenvalue weighted by Crippen LogP contribution is 2.28. The van der Waals surface area contributed by atoms with Crippen molar-refractivity contribution in [2.45, 2.75) is 13.5 Å². The van der Waals surface area contributed by atoms with Gasteiger partial charge in [0.05, 0.1) is 6.54 Å². The first kappa shape index (κ1) is 9.52. The van der Waals surface area contributed by atoms with E-state index in [1.807, 2.05) is 25.1 Å². The van der Waals surface area contributed by atoms with E-state index in [2.05, 4.69) is 15.9 Å². The zero-order chi connectivity index (χ0) is 10.1. The summed E-state index contributed by atoms with van der Waals surface area (Å²) < 4.78 is 6.16. The summed E-state index contributed by atoms with van der Waals surface area (Å²) in [4.78, 5) is 13.0. The van der Waals surface area contributed by atoms with Gasteiger partial charge in [-0.05, 0) is 25.1 Å². The minimum Gasteiger partial charge on any atom is -0.410 e. The van der Waals surface area contributed by atoms with Crippen LogP contribution in [0.2, 0.25) is 0 Å². The van der Waals surface area contributed by atoms with Gasteiger partial charge in [0.15, 0.2) is 0 Å². The van der Waals surface area contributed by atoms with Gasteiger partial charge < -0.3 is 9.64 Å². The SMILES string of the molecule is CCN1Cc2cc(Br)ccc2OC1=O. The van der Waals surface area contributed by atoms with Crippen molar-refractivity contribution in [3.8, 4) is 5.75 Å². The number of nitrogens with zero attached hydrogens (tertiary/aromatic N) is 1. The van der Waals surface area contributed by atoms with Crippen LogP contribution in [-0.2, 0) is 6.54 Å². The molecule has 1 aliphatic heterocycles. The second-order valence-corrected chi connectivity index (χ2v) is 4.05. The van der Waals surface area contributed by atoms with Crippen molar-refractivity contribution in [3.05, 3.63) is 28.2 Å². The fraction of sp³-hybridized carbons (Fsp3) is 0.300. The lowest BCUT2D eigenvalue weighted by Gasteiger charge is -2.26. The Morgan fingerprint density at radius 1 is 1.57 bits per heavy atom. The van der Waals surface area contributed by atoms with Crippen LogP contribution >= 0.6 is 15.9 Å². The van der Waals surface area contributed by atoms with Crippen LogP contribution in [0.5, 0.6) is 5.75 Å². The molecule has 1 aromatic carbocycles. The Hall–Kier alpha value is -1.03. The molecule has 3 nitrogen and oxygen atoms in total. The average molecular weight is 256 g/mol. The highest BCUT2D eigenvalue weighted by Gasteiger charge is 2.23. The third kappa shape index (κ3) is 1.62. The van der Waals surface area contributed by atoms with E-state index in [-0.39, 0.29) is 6.09 Å². The van der Waals surface area contributed by atoms with E-state index in [0.29, 0.717) is 18.8 Å². The molecule has 0 unspecified atom stereocenters. The lowest BCUT2D eigenvalue weighted by molar-refractivity contribution is 0.141. The smallest absolute Gasteiger partial charge is 0.410 e. The molecule has 1 aliphatic rings. The summed E-state index contributed by atoms with van der Waals surface area (Å²) in [5, 5.41) is 0. The third-order valence-corrected chi connectivity index (χ3v) is 2.71. The van der Waals surface area contributed by atoms with Crippen molar-refractivity contribution in [2.75, 3.05) is 6.54 Å². The molecule has 0 atom stereocenters. The second kappa shape index (κ2) is 3.61. The molecule has 2 rings (SSSR count). The summed E-state index contributed by atoms with van der Waals surface area (Å²) in [6.07, 6.45) is -0.262. The topological polar surface area (TPSA) is 29.5 Å². The molecule has 4 heteroatoms. The third-order valence-electron chi connectivity index (χ3n) is 2.22. The van der Waals surface area contributed by atoms with E-state index in [1.165, 1.54) is 0 Å². The number of fused-ring (bicyclic) bond motifs is 1. The van der Waals surface area contributed by atoms with Crippen LogP contribution in [0.3, 0.4) is 0 Å². The van der Waals surface area contributed by atoms with Crippen LogP contribution in [-0.4, -0.2) is 17.5 Å². The Balaban J connectivity index is 2.36. The van der Waals surface area contributed by atoms with Crippen molar-refractivity contribution in [1.82, 2.24) is 4.90 Å². The molecule has 1 aromatic rings. The molecule has 0 saturated heterocycles. The number of carbonyl (C=O) groups is 1. The van der Waals surface area contributed by atoms with Crippen LogP contribution in [0.1, 0.15) is 12.5 Å². The van der Waals surface area contributed by atoms with Crippen molar-refractivity contribution >= 4 is 22.0 Å². The minimum atomic E-state index is -0.262. The van der Waals surface area contributed by atoms with Gasteiger partial charge in [0.2, 0.25) is 0 Å². The first-order valence-electron chi connectivity index (χ1n) is 4.46. The Morgan fingerprint density at radius 2 is 2.36 bits per heavy atom. The summed E-state index contributed by atoms with van der Waals surface area (Å²) >= 11 is 3.39. The highest BCUT2D eigenvalue weighted by molar-refractivity contribution is 9.10. The Kier molecular flexibility index (Phi) is 2.46. The van der Waals surface area contributed by atoms with Gasteiger partial charge in [-0.15, -0.1) is 0 Å². The molecule has 0 aliphatic carbocycles. The zero-order valence-electron chi connectivity index (χ0n) is 7.79. The molecule has 0 aromatic heterocycles. The molecule has 1 amide bonds. The molecular formula is C10H10BrNO2. The molecule has 0 spiro atoms. The normalized spacial score (nSPS) is 15.0. The largest absolute Gasteiger partial charge is 0.415 e. The maximum absolute atomic E-state index is 11.4. The van der Waals surface area contributed by atoms with Crippen molar-refractivity contribution in [1.29, 1.82) is 0 Å². The fourth-order valence-electron chi connectivity index (χ4n) is 1.44. The Morgan fingerprint density at radius 3 is 3.07 bits per heavy atom. The highest BCUT2D eigenvalue weighted by atomic mass is 79.9. The zero-order valence-corrected chi connectivity index (χ0v) is 9.37. The van der Waals surface area contributed by atoms with Crippen molar-refractivity contribution in [2.24, 2.45) is 0 Å². The summed E-state index contributed by atoms with van der Waals surface area (Å²) in [6.45, 7) is 3.24. The van der Waals surface area contributed by atoms with Gasteiger partial charge in [-0.3, -0.25) is 0 Å². The van der Waals surface area contributed by atoms with E-state index in [1.54, 1.807) is 4.90 Å². The van der Waals surface area contributed by atoms with Crippen LogP contribution in [0.15, 0.2) is 22.7 Å². The van der Waals surface area contributed by atoms with Crippen LogP contribution in [0.25, 0.3) is 0 Å². The van der Waals surface area contributed by atoms with Gasteiger partial charge in [-0.25, -0.2) is 4.79 Å². The predicted molar refractivity (Wildman–Crippen MR) is 56.3 cm³/mol. The quantitative estimate of drug-likeness (QED) is 0.773. The molecule has 0 saturated carbocycles. The van der Waals surface area contributed by atoms with E-state index < -0.39 is 0 Å². The summed E-state index contributed by atoms with van der Waals surface area (Å²) in [7, 11) is 0. The minimum absolute atomic E-state index is 0.262. The Bertz CT molecular complexity index is 378. The summed E-state index contributed by atoms with van der Waals surface area (Å²) in [5.41, 5.74) is 1.04. The molecular weight excluding hydrogens is 246 g/mol. The number of amides is 1. The first-order chi connectivity index (χ1) is 6.70. The van der Waals surface area contributed by atoms with Gasteiger partial charge in [-0.1, -0.05) is 15.9 Å². The number of ether oxygens (including phenoxy) is 1. The van der Waals surface area contributed by atoms with Crippen LogP contribution in [0, 0.1) is 0 Å². The molecule has 74 valence electrons. The van der Waals surface area contributed by atoms with Gasteiger partial charge in [-0.2, -0.15) is 0 Å². The van der Waals surface area contributed by atoms with Crippen molar-refractivity contribution in [3.63, 3.8) is 0 Å². The molecule has 0 bridgehead atoms. The Labute approximate surface area is 90.8 Å². The monoisotopic (exact) mass is 255 g/mol. The van der Waals surface area contributed by atoms with Gasteiger partial charge >= 0.3 is 6.09 Å². The number of hydrogen-bond acceptors (Lipinski definition) is 2. The van der Waals surface area contributed by atoms with Crippen LogP contribution in [0.4, 0.5) is 4.79 Å². The van der Waals surface area contributed by atoms with Crippen LogP contribution < -0.4 is 4.74 Å². The number of rotatable bonds is 1. The maximum atomic E-state index is 11.4. The van der Waals surface area contributed by atoms with Gasteiger partial charge in [0, 0.05) is 16.6 Å². The molecule has 0 N–H and O–H groups in total. The molecule has 0 fully saturated rings. The molecule has 0 radical (unpaired) electrons. The fourth-order valence-corrected chi connectivity index (χ4v) is 1.85. The van der Waals surface area contributed by atoms with E-state index >= 15 is 0 Å². The summed E-state index contributed by atoms with van der Waals surface area (Å²) in [5.74, 6) is 0.669. The van der Waals surface area contributed by atoms with Crippen molar-refractivity contribution < 1.29 is 9.53 Å². The van der Waals surface area contributed by atoms with Gasteiger partial charge in [0.1, 0.15) is 5.75 Å². The number of halogens is 1. The summed E-state index contributed by atoms with van der Waals surface area (Å²) in [6, 6.07) is 5.66. The lowest BCUT2D eigenvalue weighted by Crippen LogP contribution is -2.36. The number of benzene rings is 1. The molecule has 14 heavy (non-hydrogen) atoms. The second-order valence-electron chi connectivity index (χ2n) is 3.13. The maximum Gasteiger partial charge on any atom is 0.415 e.